The Morgan fingerprint density at radius 1 is 1.23 bits per heavy atom. The van der Waals surface area contributed by atoms with Crippen molar-refractivity contribution in [2.24, 2.45) is 5.92 Å². The molecule has 0 unspecified atom stereocenters. The van der Waals surface area contributed by atoms with Crippen LogP contribution in [0.4, 0.5) is 5.69 Å². The predicted octanol–water partition coefficient (Wildman–Crippen LogP) is 5.37. The molecule has 1 atom stereocenters. The molecule has 26 heavy (non-hydrogen) atoms. The molecule has 0 amide bonds. The number of ketones is 2. The molecule has 1 aliphatic carbocycles. The Morgan fingerprint density at radius 3 is 2.50 bits per heavy atom. The highest BCUT2D eigenvalue weighted by atomic mass is 35.5. The van der Waals surface area contributed by atoms with E-state index in [2.05, 4.69) is 11.4 Å². The lowest BCUT2D eigenvalue weighted by Gasteiger charge is -2.25. The molecule has 0 spiro atoms. The lowest BCUT2D eigenvalue weighted by molar-refractivity contribution is -0.132. The average molecular weight is 374 g/mol. The number of rotatable bonds is 6. The van der Waals surface area contributed by atoms with Crippen molar-refractivity contribution < 1.29 is 14.7 Å². The number of Topliss-reactive ketones (excluding diaryl/α,β-unsaturated/α-hetero) is 2. The topological polar surface area (TPSA) is 66.4 Å². The van der Waals surface area contributed by atoms with Gasteiger partial charge in [0.15, 0.2) is 0 Å². The SMILES string of the molecule is CC(C)=CCC[C@@H](C)C1=C(Nc2ccccc2Cl)C(O)=C(C)C(=O)C1=O. The fourth-order valence-corrected chi connectivity index (χ4v) is 3.07. The molecule has 2 rings (SSSR count). The quantitative estimate of drug-likeness (QED) is 0.399. The molecular weight excluding hydrogens is 350 g/mol. The molecule has 0 aliphatic heterocycles. The molecule has 0 radical (unpaired) electrons. The highest BCUT2D eigenvalue weighted by molar-refractivity contribution is 6.50. The number of anilines is 1. The molecule has 138 valence electrons. The highest BCUT2D eigenvalue weighted by Gasteiger charge is 2.35. The van der Waals surface area contributed by atoms with Crippen molar-refractivity contribution in [1.29, 1.82) is 0 Å². The van der Waals surface area contributed by atoms with Gasteiger partial charge in [-0.2, -0.15) is 0 Å². The fraction of sp³-hybridized carbons (Fsp3) is 0.333. The van der Waals surface area contributed by atoms with E-state index in [4.69, 9.17) is 11.6 Å². The number of carbonyl (C=O) groups excluding carboxylic acids is 2. The van der Waals surface area contributed by atoms with Gasteiger partial charge in [0, 0.05) is 11.1 Å². The van der Waals surface area contributed by atoms with Gasteiger partial charge in [-0.15, -0.1) is 0 Å². The molecule has 1 aromatic carbocycles. The van der Waals surface area contributed by atoms with Crippen LogP contribution in [0.3, 0.4) is 0 Å². The van der Waals surface area contributed by atoms with Gasteiger partial charge < -0.3 is 10.4 Å². The Morgan fingerprint density at radius 2 is 1.88 bits per heavy atom. The van der Waals surface area contributed by atoms with E-state index in [1.165, 1.54) is 12.5 Å². The van der Waals surface area contributed by atoms with Gasteiger partial charge in [-0.3, -0.25) is 9.59 Å². The monoisotopic (exact) mass is 373 g/mol. The lowest BCUT2D eigenvalue weighted by atomic mass is 9.83. The first-order valence-corrected chi connectivity index (χ1v) is 9.00. The molecule has 1 aliphatic rings. The summed E-state index contributed by atoms with van der Waals surface area (Å²) in [5.41, 5.74) is 2.39. The number of hydrogen-bond acceptors (Lipinski definition) is 4. The Hall–Kier alpha value is -2.33. The number of halogens is 1. The second-order valence-electron chi connectivity index (χ2n) is 6.79. The largest absolute Gasteiger partial charge is 0.505 e. The maximum absolute atomic E-state index is 12.7. The van der Waals surface area contributed by atoms with Crippen molar-refractivity contribution in [1.82, 2.24) is 0 Å². The van der Waals surface area contributed by atoms with Crippen molar-refractivity contribution in [3.63, 3.8) is 0 Å². The van der Waals surface area contributed by atoms with Crippen LogP contribution in [0.15, 0.2) is 58.5 Å². The Kier molecular flexibility index (Phi) is 6.43. The van der Waals surface area contributed by atoms with Crippen LogP contribution < -0.4 is 5.32 Å². The van der Waals surface area contributed by atoms with Crippen molar-refractivity contribution >= 4 is 28.9 Å². The van der Waals surface area contributed by atoms with Gasteiger partial charge in [-0.1, -0.05) is 42.3 Å². The van der Waals surface area contributed by atoms with Gasteiger partial charge >= 0.3 is 0 Å². The van der Waals surface area contributed by atoms with Crippen LogP contribution in [-0.2, 0) is 9.59 Å². The first-order valence-electron chi connectivity index (χ1n) is 8.62. The van der Waals surface area contributed by atoms with E-state index in [0.29, 0.717) is 22.7 Å². The van der Waals surface area contributed by atoms with Crippen molar-refractivity contribution in [3.8, 4) is 0 Å². The van der Waals surface area contributed by atoms with E-state index >= 15 is 0 Å². The zero-order chi connectivity index (χ0) is 19.4. The van der Waals surface area contributed by atoms with Crippen LogP contribution in [0.1, 0.15) is 40.5 Å². The summed E-state index contributed by atoms with van der Waals surface area (Å²) in [4.78, 5) is 24.9. The third-order valence-electron chi connectivity index (χ3n) is 4.43. The van der Waals surface area contributed by atoms with Gasteiger partial charge in [-0.25, -0.2) is 0 Å². The van der Waals surface area contributed by atoms with Crippen LogP contribution in [0.25, 0.3) is 0 Å². The molecule has 0 fully saturated rings. The van der Waals surface area contributed by atoms with E-state index in [-0.39, 0.29) is 22.9 Å². The molecule has 1 aromatic rings. The molecule has 0 heterocycles. The molecule has 0 bridgehead atoms. The zero-order valence-electron chi connectivity index (χ0n) is 15.5. The van der Waals surface area contributed by atoms with Crippen molar-refractivity contribution in [2.75, 3.05) is 5.32 Å². The molecule has 0 aromatic heterocycles. The molecule has 2 N–H and O–H groups in total. The van der Waals surface area contributed by atoms with Gasteiger partial charge in [0.05, 0.1) is 16.4 Å². The van der Waals surface area contributed by atoms with Crippen molar-refractivity contribution in [2.45, 2.75) is 40.5 Å². The second kappa shape index (κ2) is 8.37. The molecule has 4 nitrogen and oxygen atoms in total. The third kappa shape index (κ3) is 4.25. The maximum Gasteiger partial charge on any atom is 0.232 e. The minimum absolute atomic E-state index is 0.0461. The normalized spacial score (nSPS) is 16.0. The number of nitrogens with one attached hydrogen (secondary N) is 1. The van der Waals surface area contributed by atoms with Crippen LogP contribution in [0.2, 0.25) is 5.02 Å². The number of benzene rings is 1. The summed E-state index contributed by atoms with van der Waals surface area (Å²) in [7, 11) is 0. The molecule has 0 saturated heterocycles. The molecule has 5 heteroatoms. The number of allylic oxidation sites excluding steroid dienone is 4. The summed E-state index contributed by atoms with van der Waals surface area (Å²) in [6.07, 6.45) is 3.57. The number of para-hydroxylation sites is 1. The summed E-state index contributed by atoms with van der Waals surface area (Å²) in [5, 5.41) is 14.1. The smallest absolute Gasteiger partial charge is 0.232 e. The van der Waals surface area contributed by atoms with E-state index in [1.54, 1.807) is 24.3 Å². The Bertz CT molecular complexity index is 829. The molecule has 0 saturated carbocycles. The van der Waals surface area contributed by atoms with Crippen LogP contribution >= 0.6 is 11.6 Å². The zero-order valence-corrected chi connectivity index (χ0v) is 16.3. The molecular formula is C21H24ClNO3. The maximum atomic E-state index is 12.7. The van der Waals surface area contributed by atoms with Crippen LogP contribution in [0, 0.1) is 5.92 Å². The van der Waals surface area contributed by atoms with Crippen LogP contribution in [0.5, 0.6) is 0 Å². The average Bonchev–Trinajstić information content (AvgIpc) is 2.59. The summed E-state index contributed by atoms with van der Waals surface area (Å²) in [6.45, 7) is 7.37. The summed E-state index contributed by atoms with van der Waals surface area (Å²) in [6, 6.07) is 7.06. The van der Waals surface area contributed by atoms with E-state index in [9.17, 15) is 14.7 Å². The first-order chi connectivity index (χ1) is 12.2. The Balaban J connectivity index is 2.47. The first kappa shape index (κ1) is 20.0. The number of aliphatic hydroxyl groups excluding tert-OH is 1. The third-order valence-corrected chi connectivity index (χ3v) is 4.76. The van der Waals surface area contributed by atoms with Gasteiger partial charge in [0.2, 0.25) is 11.6 Å². The van der Waals surface area contributed by atoms with E-state index in [1.807, 2.05) is 20.8 Å². The fourth-order valence-electron chi connectivity index (χ4n) is 2.89. The lowest BCUT2D eigenvalue weighted by Crippen LogP contribution is -2.30. The summed E-state index contributed by atoms with van der Waals surface area (Å²) < 4.78 is 0. The van der Waals surface area contributed by atoms with Crippen molar-refractivity contribution in [3.05, 3.63) is 63.5 Å². The Labute approximate surface area is 159 Å². The van der Waals surface area contributed by atoms with Gasteiger partial charge in [0.1, 0.15) is 5.76 Å². The van der Waals surface area contributed by atoms with E-state index in [0.717, 1.165) is 6.42 Å². The van der Waals surface area contributed by atoms with Gasteiger partial charge in [-0.05, 0) is 51.7 Å². The number of hydrogen-bond donors (Lipinski definition) is 2. The standard InChI is InChI=1S/C21H24ClNO3/c1-12(2)8-7-9-13(3)17-18(19(24)14(4)20(25)21(17)26)23-16-11-6-5-10-15(16)22/h5-6,8,10-11,13,23-24H,7,9H2,1-4H3/t13-/m1/s1. The number of aliphatic hydroxyl groups is 1. The van der Waals surface area contributed by atoms with E-state index < -0.39 is 11.6 Å². The predicted molar refractivity (Wildman–Crippen MR) is 105 cm³/mol. The minimum Gasteiger partial charge on any atom is -0.505 e. The number of carbonyl (C=O) groups is 2. The minimum atomic E-state index is -0.656. The van der Waals surface area contributed by atoms with Crippen LogP contribution in [-0.4, -0.2) is 16.7 Å². The highest BCUT2D eigenvalue weighted by Crippen LogP contribution is 2.33. The summed E-state index contributed by atoms with van der Waals surface area (Å²) in [5.74, 6) is -1.61. The summed E-state index contributed by atoms with van der Waals surface area (Å²) >= 11 is 6.20. The second-order valence-corrected chi connectivity index (χ2v) is 7.19. The van der Waals surface area contributed by atoms with Gasteiger partial charge in [0.25, 0.3) is 0 Å².